The van der Waals surface area contributed by atoms with Crippen molar-refractivity contribution in [2.45, 2.75) is 107 Å². The minimum absolute atomic E-state index is 0.0364. The summed E-state index contributed by atoms with van der Waals surface area (Å²) in [7, 11) is 0. The summed E-state index contributed by atoms with van der Waals surface area (Å²) in [4.78, 5) is 22.6. The molecule has 0 bridgehead atoms. The Morgan fingerprint density at radius 3 is 2.73 bits per heavy atom. The van der Waals surface area contributed by atoms with E-state index in [9.17, 15) is 4.79 Å². The molecule has 2 aliphatic carbocycles. The molecular formula is C34H46N4O2. The average molecular weight is 543 g/mol. The van der Waals surface area contributed by atoms with Gasteiger partial charge in [-0.3, -0.25) is 14.7 Å². The summed E-state index contributed by atoms with van der Waals surface area (Å²) in [6.07, 6.45) is 14.6. The van der Waals surface area contributed by atoms with Crippen molar-refractivity contribution in [1.82, 2.24) is 20.1 Å². The van der Waals surface area contributed by atoms with Crippen LogP contribution in [-0.2, 0) is 21.4 Å². The van der Waals surface area contributed by atoms with Crippen molar-refractivity contribution in [3.05, 3.63) is 65.0 Å². The number of hydrogen-bond acceptors (Lipinski definition) is 5. The molecule has 6 heteroatoms. The highest BCUT2D eigenvalue weighted by molar-refractivity contribution is 5.82. The number of hydrogen-bond donors (Lipinski definition) is 1. The maximum absolute atomic E-state index is 13.2. The molecule has 0 radical (unpaired) electrons. The smallest absolute Gasteiger partial charge is 0.239 e. The van der Waals surface area contributed by atoms with Crippen LogP contribution >= 0.6 is 0 Å². The van der Waals surface area contributed by atoms with Crippen molar-refractivity contribution in [3.8, 4) is 0 Å². The molecule has 6 nitrogen and oxygen atoms in total. The van der Waals surface area contributed by atoms with Crippen LogP contribution in [0.2, 0.25) is 0 Å². The van der Waals surface area contributed by atoms with Crippen LogP contribution in [-0.4, -0.2) is 65.1 Å². The zero-order valence-electron chi connectivity index (χ0n) is 24.2. The van der Waals surface area contributed by atoms with Crippen LogP contribution in [0.5, 0.6) is 0 Å². The number of rotatable bonds is 7. The van der Waals surface area contributed by atoms with E-state index < -0.39 is 0 Å². The molecule has 1 amide bonds. The molecule has 214 valence electrons. The van der Waals surface area contributed by atoms with Crippen LogP contribution in [0.15, 0.2) is 42.6 Å². The van der Waals surface area contributed by atoms with Crippen molar-refractivity contribution in [2.75, 3.05) is 32.8 Å². The number of nitrogens with one attached hydrogen (secondary N) is 1. The lowest BCUT2D eigenvalue weighted by Crippen LogP contribution is -2.54. The quantitative estimate of drug-likeness (QED) is 0.502. The van der Waals surface area contributed by atoms with Gasteiger partial charge in [0.2, 0.25) is 5.91 Å². The molecule has 3 fully saturated rings. The van der Waals surface area contributed by atoms with E-state index in [0.717, 1.165) is 77.7 Å². The van der Waals surface area contributed by atoms with Crippen molar-refractivity contribution < 1.29 is 9.53 Å². The van der Waals surface area contributed by atoms with E-state index in [4.69, 9.17) is 9.72 Å². The standard InChI is InChI=1S/C34H46N4O2/c1-25(32(39)37-20-7-21-37)38-22-13-26-8-6-9-27-28(11-12-29(38)31(26)27)35-19-16-33(30-10-2-5-18-36-30)17-23-40-34(24-33)14-3-4-15-34/h2,5-6,8-10,18,25,28-29,35H,3-4,7,11-17,19-24H2,1H3/t25?,28?,29?,33-/m1/s1. The van der Waals surface area contributed by atoms with Gasteiger partial charge < -0.3 is 15.0 Å². The van der Waals surface area contributed by atoms with Gasteiger partial charge in [0, 0.05) is 55.6 Å². The SMILES string of the molecule is CC(C(=O)N1CCC1)N1CCc2cccc3c2C1CCC3NCC[C@@]1(c2ccccn2)CCOC2(CCCC2)C1. The number of nitrogens with zero attached hydrogens (tertiary/aromatic N) is 3. The third-order valence-corrected chi connectivity index (χ3v) is 11.1. The van der Waals surface area contributed by atoms with Crippen LogP contribution in [0.25, 0.3) is 0 Å². The van der Waals surface area contributed by atoms with Crippen LogP contribution in [0.3, 0.4) is 0 Å². The minimum atomic E-state index is -0.0364. The van der Waals surface area contributed by atoms with Gasteiger partial charge in [0.15, 0.2) is 0 Å². The molecule has 4 atom stereocenters. The highest BCUT2D eigenvalue weighted by Crippen LogP contribution is 2.50. The Balaban J connectivity index is 1.09. The van der Waals surface area contributed by atoms with E-state index in [1.165, 1.54) is 48.1 Å². The Morgan fingerprint density at radius 2 is 1.95 bits per heavy atom. The fourth-order valence-electron chi connectivity index (χ4n) is 8.82. The van der Waals surface area contributed by atoms with Gasteiger partial charge in [-0.15, -0.1) is 0 Å². The maximum atomic E-state index is 13.2. The van der Waals surface area contributed by atoms with Gasteiger partial charge >= 0.3 is 0 Å². The molecule has 1 saturated carbocycles. The zero-order valence-corrected chi connectivity index (χ0v) is 24.2. The summed E-state index contributed by atoms with van der Waals surface area (Å²) in [6, 6.07) is 14.1. The van der Waals surface area contributed by atoms with E-state index in [1.54, 1.807) is 0 Å². The maximum Gasteiger partial charge on any atom is 0.239 e. The summed E-state index contributed by atoms with van der Waals surface area (Å²) < 4.78 is 6.48. The van der Waals surface area contributed by atoms with Gasteiger partial charge in [-0.05, 0) is 100 Å². The van der Waals surface area contributed by atoms with E-state index in [1.807, 2.05) is 17.2 Å². The van der Waals surface area contributed by atoms with Crippen molar-refractivity contribution in [1.29, 1.82) is 0 Å². The second kappa shape index (κ2) is 10.8. The molecule has 4 heterocycles. The third kappa shape index (κ3) is 4.70. The van der Waals surface area contributed by atoms with Crippen molar-refractivity contribution >= 4 is 5.91 Å². The summed E-state index contributed by atoms with van der Waals surface area (Å²) in [5.41, 5.74) is 5.85. The predicted octanol–water partition coefficient (Wildman–Crippen LogP) is 5.48. The van der Waals surface area contributed by atoms with Gasteiger partial charge in [-0.1, -0.05) is 37.1 Å². The first-order valence-electron chi connectivity index (χ1n) is 16.0. The first kappa shape index (κ1) is 26.6. The third-order valence-electron chi connectivity index (χ3n) is 11.1. The van der Waals surface area contributed by atoms with Crippen LogP contribution in [0, 0.1) is 0 Å². The highest BCUT2D eigenvalue weighted by atomic mass is 16.5. The first-order valence-corrected chi connectivity index (χ1v) is 16.0. The van der Waals surface area contributed by atoms with E-state index in [2.05, 4.69) is 47.5 Å². The molecule has 7 rings (SSSR count). The molecule has 3 unspecified atom stereocenters. The summed E-state index contributed by atoms with van der Waals surface area (Å²) in [5.74, 6) is 0.323. The van der Waals surface area contributed by atoms with E-state index >= 15 is 0 Å². The zero-order chi connectivity index (χ0) is 27.2. The van der Waals surface area contributed by atoms with E-state index in [-0.39, 0.29) is 17.1 Å². The predicted molar refractivity (Wildman–Crippen MR) is 157 cm³/mol. The monoisotopic (exact) mass is 542 g/mol. The number of aromatic nitrogens is 1. The summed E-state index contributed by atoms with van der Waals surface area (Å²) in [5, 5.41) is 4.04. The molecule has 2 aromatic rings. The molecule has 2 saturated heterocycles. The minimum Gasteiger partial charge on any atom is -0.375 e. The number of likely N-dealkylation sites (tertiary alicyclic amines) is 1. The van der Waals surface area contributed by atoms with Gasteiger partial charge in [0.05, 0.1) is 11.6 Å². The van der Waals surface area contributed by atoms with Gasteiger partial charge in [-0.2, -0.15) is 0 Å². The number of carbonyl (C=O) groups excluding carboxylic acids is 1. The number of ether oxygens (including phenoxy) is 1. The second-order valence-corrected chi connectivity index (χ2v) is 13.3. The lowest BCUT2D eigenvalue weighted by atomic mass is 9.68. The second-order valence-electron chi connectivity index (χ2n) is 13.3. The van der Waals surface area contributed by atoms with Crippen molar-refractivity contribution in [3.63, 3.8) is 0 Å². The molecule has 40 heavy (non-hydrogen) atoms. The normalized spacial score (nSPS) is 30.1. The Bertz CT molecular complexity index is 1210. The fourth-order valence-corrected chi connectivity index (χ4v) is 8.82. The molecular weight excluding hydrogens is 496 g/mol. The largest absolute Gasteiger partial charge is 0.375 e. The Labute approximate surface area is 239 Å². The van der Waals surface area contributed by atoms with Crippen LogP contribution in [0.1, 0.15) is 106 Å². The number of carbonyl (C=O) groups is 1. The van der Waals surface area contributed by atoms with Gasteiger partial charge in [0.1, 0.15) is 0 Å². The topological polar surface area (TPSA) is 57.7 Å². The Hall–Kier alpha value is -2.28. The highest BCUT2D eigenvalue weighted by Gasteiger charge is 2.48. The molecule has 1 aromatic carbocycles. The lowest BCUT2D eigenvalue weighted by molar-refractivity contribution is -0.141. The van der Waals surface area contributed by atoms with Gasteiger partial charge in [-0.25, -0.2) is 0 Å². The Kier molecular flexibility index (Phi) is 7.22. The summed E-state index contributed by atoms with van der Waals surface area (Å²) >= 11 is 0. The first-order chi connectivity index (χ1) is 19.6. The van der Waals surface area contributed by atoms with Crippen LogP contribution in [0.4, 0.5) is 0 Å². The molecule has 1 spiro atoms. The lowest BCUT2D eigenvalue weighted by Gasteiger charge is -2.47. The number of benzene rings is 1. The number of pyridine rings is 1. The molecule has 5 aliphatic rings. The summed E-state index contributed by atoms with van der Waals surface area (Å²) in [6.45, 7) is 6.82. The molecule has 1 N–H and O–H groups in total. The fraction of sp³-hybridized carbons (Fsp3) is 0.647. The van der Waals surface area contributed by atoms with E-state index in [0.29, 0.717) is 18.0 Å². The molecule has 1 aromatic heterocycles. The van der Waals surface area contributed by atoms with Gasteiger partial charge in [0.25, 0.3) is 0 Å². The molecule has 3 aliphatic heterocycles. The number of amides is 1. The van der Waals surface area contributed by atoms with Crippen molar-refractivity contribution in [2.24, 2.45) is 0 Å². The average Bonchev–Trinajstić information content (AvgIpc) is 3.40. The Morgan fingerprint density at radius 1 is 1.07 bits per heavy atom. The van der Waals surface area contributed by atoms with Crippen LogP contribution < -0.4 is 5.32 Å².